The first-order chi connectivity index (χ1) is 14.5. The van der Waals surface area contributed by atoms with E-state index in [0.717, 1.165) is 16.8 Å². The van der Waals surface area contributed by atoms with Crippen LogP contribution in [0.3, 0.4) is 0 Å². The highest BCUT2D eigenvalue weighted by atomic mass is 16.5. The maximum absolute atomic E-state index is 12.8. The van der Waals surface area contributed by atoms with E-state index in [2.05, 4.69) is 15.5 Å². The lowest BCUT2D eigenvalue weighted by Crippen LogP contribution is -2.48. The van der Waals surface area contributed by atoms with Crippen molar-refractivity contribution < 1.29 is 14.1 Å². The number of aromatic nitrogens is 2. The molecule has 0 spiro atoms. The van der Waals surface area contributed by atoms with Gasteiger partial charge >= 0.3 is 0 Å². The predicted octanol–water partition coefficient (Wildman–Crippen LogP) is 3.91. The highest BCUT2D eigenvalue weighted by molar-refractivity contribution is 5.94. The van der Waals surface area contributed by atoms with Gasteiger partial charge in [-0.3, -0.25) is 4.79 Å². The topological polar surface area (TPSA) is 80.5 Å². The number of aryl methyl sites for hydroxylation is 1. The first-order valence-corrected chi connectivity index (χ1v) is 10.2. The molecule has 0 radical (unpaired) electrons. The summed E-state index contributed by atoms with van der Waals surface area (Å²) in [6.45, 7) is 7.64. The molecule has 0 aliphatic carbocycles. The van der Waals surface area contributed by atoms with Crippen LogP contribution in [-0.4, -0.2) is 46.2 Å². The monoisotopic (exact) mass is 406 g/mol. The Labute approximate surface area is 176 Å². The van der Waals surface area contributed by atoms with E-state index in [0.29, 0.717) is 36.9 Å². The van der Waals surface area contributed by atoms with E-state index in [1.165, 1.54) is 0 Å². The lowest BCUT2D eigenvalue weighted by atomic mass is 10.1. The maximum Gasteiger partial charge on any atom is 0.254 e. The van der Waals surface area contributed by atoms with Crippen LogP contribution in [0.4, 0.5) is 5.69 Å². The second-order valence-corrected chi connectivity index (χ2v) is 7.73. The molecule has 0 unspecified atom stereocenters. The average molecular weight is 406 g/mol. The second kappa shape index (κ2) is 8.67. The Hall–Kier alpha value is -3.19. The van der Waals surface area contributed by atoms with Crippen LogP contribution < -0.4 is 5.32 Å². The highest BCUT2D eigenvalue weighted by Crippen LogP contribution is 2.20. The van der Waals surface area contributed by atoms with Crippen LogP contribution in [0.15, 0.2) is 53.1 Å². The quantitative estimate of drug-likeness (QED) is 0.692. The van der Waals surface area contributed by atoms with Crippen LogP contribution in [0.5, 0.6) is 0 Å². The fourth-order valence-electron chi connectivity index (χ4n) is 3.69. The van der Waals surface area contributed by atoms with Gasteiger partial charge in [0.25, 0.3) is 5.91 Å². The molecule has 0 saturated carbocycles. The molecular formula is C23H26N4O3. The smallest absolute Gasteiger partial charge is 0.254 e. The lowest BCUT2D eigenvalue weighted by molar-refractivity contribution is -0.0586. The normalized spacial score (nSPS) is 19.0. The molecule has 1 aliphatic rings. The van der Waals surface area contributed by atoms with Gasteiger partial charge in [-0.15, -0.1) is 0 Å². The zero-order chi connectivity index (χ0) is 21.1. The van der Waals surface area contributed by atoms with E-state index in [1.54, 1.807) is 0 Å². The summed E-state index contributed by atoms with van der Waals surface area (Å²) in [5, 5.41) is 7.33. The molecule has 1 amide bonds. The summed E-state index contributed by atoms with van der Waals surface area (Å²) in [4.78, 5) is 19.1. The van der Waals surface area contributed by atoms with Gasteiger partial charge < -0.3 is 19.5 Å². The van der Waals surface area contributed by atoms with E-state index < -0.39 is 0 Å². The van der Waals surface area contributed by atoms with Crippen molar-refractivity contribution in [2.45, 2.75) is 39.5 Å². The molecule has 30 heavy (non-hydrogen) atoms. The number of nitrogens with zero attached hydrogens (tertiary/aromatic N) is 3. The molecule has 1 aromatic heterocycles. The molecule has 1 fully saturated rings. The summed E-state index contributed by atoms with van der Waals surface area (Å²) in [6.07, 6.45) is 0.107. The van der Waals surface area contributed by atoms with Gasteiger partial charge in [0, 0.05) is 29.9 Å². The van der Waals surface area contributed by atoms with E-state index in [-0.39, 0.29) is 18.1 Å². The summed E-state index contributed by atoms with van der Waals surface area (Å²) >= 11 is 0. The third-order valence-electron chi connectivity index (χ3n) is 5.14. The molecule has 2 heterocycles. The average Bonchev–Trinajstić information content (AvgIpc) is 3.20. The second-order valence-electron chi connectivity index (χ2n) is 7.73. The fraction of sp³-hybridized carbons (Fsp3) is 0.348. The SMILES string of the molecule is Cc1ccccc1-c1noc(CNc2ccc(C(=O)N3C[C@@H](C)O[C@H](C)C3)cc2)n1. The van der Waals surface area contributed by atoms with Crippen molar-refractivity contribution in [3.05, 3.63) is 65.5 Å². The van der Waals surface area contributed by atoms with Crippen molar-refractivity contribution in [2.24, 2.45) is 0 Å². The number of hydrogen-bond donors (Lipinski definition) is 1. The Morgan fingerprint density at radius 3 is 2.50 bits per heavy atom. The van der Waals surface area contributed by atoms with E-state index in [1.807, 2.05) is 74.2 Å². The van der Waals surface area contributed by atoms with Crippen LogP contribution in [0.1, 0.15) is 35.7 Å². The third-order valence-corrected chi connectivity index (χ3v) is 5.14. The number of morpholine rings is 1. The molecule has 2 aromatic carbocycles. The predicted molar refractivity (Wildman–Crippen MR) is 114 cm³/mol. The number of nitrogens with one attached hydrogen (secondary N) is 1. The Kier molecular flexibility index (Phi) is 5.81. The molecule has 3 aromatic rings. The largest absolute Gasteiger partial charge is 0.376 e. The fourth-order valence-corrected chi connectivity index (χ4v) is 3.69. The van der Waals surface area contributed by atoms with Gasteiger partial charge in [0.1, 0.15) is 0 Å². The Morgan fingerprint density at radius 1 is 1.10 bits per heavy atom. The minimum Gasteiger partial charge on any atom is -0.376 e. The minimum atomic E-state index is 0.0309. The lowest BCUT2D eigenvalue weighted by Gasteiger charge is -2.35. The van der Waals surface area contributed by atoms with Gasteiger partial charge in [-0.2, -0.15) is 4.98 Å². The molecule has 1 N–H and O–H groups in total. The maximum atomic E-state index is 12.8. The molecule has 4 rings (SSSR count). The molecule has 2 atom stereocenters. The van der Waals surface area contributed by atoms with Crippen LogP contribution >= 0.6 is 0 Å². The van der Waals surface area contributed by atoms with E-state index >= 15 is 0 Å². The highest BCUT2D eigenvalue weighted by Gasteiger charge is 2.26. The first kappa shape index (κ1) is 20.1. The number of hydrogen-bond acceptors (Lipinski definition) is 6. The number of benzene rings is 2. The number of rotatable bonds is 5. The van der Waals surface area contributed by atoms with Crippen LogP contribution in [-0.2, 0) is 11.3 Å². The summed E-state index contributed by atoms with van der Waals surface area (Å²) in [5.74, 6) is 1.12. The number of ether oxygens (including phenoxy) is 1. The van der Waals surface area contributed by atoms with Crippen molar-refractivity contribution in [1.29, 1.82) is 0 Å². The molecule has 0 bridgehead atoms. The number of carbonyl (C=O) groups is 1. The first-order valence-electron chi connectivity index (χ1n) is 10.2. The van der Waals surface area contributed by atoms with Gasteiger partial charge in [0.2, 0.25) is 11.7 Å². The van der Waals surface area contributed by atoms with Crippen LogP contribution in [0, 0.1) is 6.92 Å². The summed E-state index contributed by atoms with van der Waals surface area (Å²) in [7, 11) is 0. The van der Waals surface area contributed by atoms with Crippen molar-refractivity contribution in [3.63, 3.8) is 0 Å². The zero-order valence-corrected chi connectivity index (χ0v) is 17.5. The zero-order valence-electron chi connectivity index (χ0n) is 17.5. The van der Waals surface area contributed by atoms with Gasteiger partial charge in [0.15, 0.2) is 0 Å². The Bertz CT molecular complexity index is 1010. The summed E-state index contributed by atoms with van der Waals surface area (Å²) in [6, 6.07) is 15.4. The van der Waals surface area contributed by atoms with Crippen molar-refractivity contribution in [1.82, 2.24) is 15.0 Å². The molecule has 7 heteroatoms. The standard InChI is InChI=1S/C23H26N4O3/c1-15-6-4-5-7-20(15)22-25-21(30-26-22)12-24-19-10-8-18(9-11-19)23(28)27-13-16(2)29-17(3)14-27/h4-11,16-17,24H,12-14H2,1-3H3/t16-,17-/m1/s1. The number of carbonyl (C=O) groups excluding carboxylic acids is 1. The van der Waals surface area contributed by atoms with Gasteiger partial charge in [0.05, 0.1) is 18.8 Å². The molecular weight excluding hydrogens is 380 g/mol. The summed E-state index contributed by atoms with van der Waals surface area (Å²) < 4.78 is 11.1. The number of amides is 1. The Balaban J connectivity index is 1.36. The van der Waals surface area contributed by atoms with Crippen LogP contribution in [0.2, 0.25) is 0 Å². The minimum absolute atomic E-state index is 0.0309. The van der Waals surface area contributed by atoms with Crippen molar-refractivity contribution in [2.75, 3.05) is 18.4 Å². The molecule has 156 valence electrons. The molecule has 1 aliphatic heterocycles. The van der Waals surface area contributed by atoms with Gasteiger partial charge in [-0.1, -0.05) is 29.4 Å². The van der Waals surface area contributed by atoms with Crippen molar-refractivity contribution in [3.8, 4) is 11.4 Å². The number of anilines is 1. The molecule has 1 saturated heterocycles. The van der Waals surface area contributed by atoms with E-state index in [9.17, 15) is 4.79 Å². The van der Waals surface area contributed by atoms with E-state index in [4.69, 9.17) is 9.26 Å². The Morgan fingerprint density at radius 2 is 1.80 bits per heavy atom. The summed E-state index contributed by atoms with van der Waals surface area (Å²) in [5.41, 5.74) is 3.61. The van der Waals surface area contributed by atoms with Gasteiger partial charge in [-0.25, -0.2) is 0 Å². The molecule has 7 nitrogen and oxygen atoms in total. The van der Waals surface area contributed by atoms with Crippen molar-refractivity contribution >= 4 is 11.6 Å². The van der Waals surface area contributed by atoms with Crippen LogP contribution in [0.25, 0.3) is 11.4 Å². The third kappa shape index (κ3) is 4.52. The van der Waals surface area contributed by atoms with Gasteiger partial charge in [-0.05, 0) is 50.6 Å².